The van der Waals surface area contributed by atoms with Gasteiger partial charge in [0.15, 0.2) is 5.82 Å². The Morgan fingerprint density at radius 2 is 2.09 bits per heavy atom. The number of amides is 1. The summed E-state index contributed by atoms with van der Waals surface area (Å²) in [5.41, 5.74) is 1.15. The largest absolute Gasteiger partial charge is 0.497 e. The van der Waals surface area contributed by atoms with Crippen molar-refractivity contribution in [3.8, 4) is 0 Å². The van der Waals surface area contributed by atoms with Gasteiger partial charge in [0, 0.05) is 6.42 Å². The number of aliphatic imine (C=N–C) groups is 2. The van der Waals surface area contributed by atoms with E-state index < -0.39 is 12.0 Å². The summed E-state index contributed by atoms with van der Waals surface area (Å²) in [6, 6.07) is 4.75. The van der Waals surface area contributed by atoms with Gasteiger partial charge in [0.1, 0.15) is 11.6 Å². The Kier molecular flexibility index (Phi) is 8.72. The van der Waals surface area contributed by atoms with Gasteiger partial charge >= 0.3 is 6.18 Å². The Bertz CT molecular complexity index is 1140. The molecule has 0 bridgehead atoms. The van der Waals surface area contributed by atoms with Crippen molar-refractivity contribution in [3.05, 3.63) is 59.8 Å². The van der Waals surface area contributed by atoms with Crippen LogP contribution in [0.3, 0.4) is 0 Å². The van der Waals surface area contributed by atoms with Gasteiger partial charge in [-0.1, -0.05) is 19.1 Å². The maximum absolute atomic E-state index is 13.6. The standard InChI is InChI=1S/C23H26F3N5O2/c1-6-7-8-17(33-5)10-12-21(32)29-16(3)28-14-20(27-4)31-19-11-9-15(2)13-18(19)30-22(31)23(24,25)26/h7-11,13-14H,4,6,12H2,1-3,5H3,(H,28,29,32)/b8-7-,17-10+,20-14+. The van der Waals surface area contributed by atoms with Gasteiger partial charge in [-0.25, -0.2) is 15.0 Å². The van der Waals surface area contributed by atoms with Crippen molar-refractivity contribution in [1.29, 1.82) is 0 Å². The van der Waals surface area contributed by atoms with Gasteiger partial charge in [0.2, 0.25) is 11.7 Å². The third-order valence-corrected chi connectivity index (χ3v) is 4.39. The molecule has 0 atom stereocenters. The van der Waals surface area contributed by atoms with Crippen LogP contribution in [0.5, 0.6) is 0 Å². The zero-order valence-electron chi connectivity index (χ0n) is 18.9. The number of methoxy groups -OCH3 is 1. The lowest BCUT2D eigenvalue weighted by Crippen LogP contribution is -2.27. The fourth-order valence-corrected chi connectivity index (χ4v) is 2.87. The average molecular weight is 461 g/mol. The number of amidine groups is 1. The number of allylic oxidation sites excluding steroid dienone is 2. The maximum Gasteiger partial charge on any atom is 0.450 e. The number of nitrogens with one attached hydrogen (secondary N) is 1. The fraction of sp³-hybridized carbons (Fsp3) is 0.304. The maximum atomic E-state index is 13.6. The van der Waals surface area contributed by atoms with Crippen LogP contribution in [-0.2, 0) is 15.7 Å². The predicted molar refractivity (Wildman–Crippen MR) is 124 cm³/mol. The molecule has 1 aromatic heterocycles. The van der Waals surface area contributed by atoms with E-state index in [4.69, 9.17) is 4.74 Å². The minimum absolute atomic E-state index is 0.0318. The Hall–Kier alpha value is -3.69. The van der Waals surface area contributed by atoms with Crippen LogP contribution in [-0.4, -0.2) is 35.1 Å². The zero-order chi connectivity index (χ0) is 24.6. The number of hydrogen-bond acceptors (Lipinski definition) is 5. The molecular formula is C23H26F3N5O2. The lowest BCUT2D eigenvalue weighted by molar-refractivity contribution is -0.145. The number of benzene rings is 1. The molecule has 0 saturated carbocycles. The number of hydrogen-bond donors (Lipinski definition) is 1. The van der Waals surface area contributed by atoms with Crippen LogP contribution in [0.15, 0.2) is 58.4 Å². The van der Waals surface area contributed by atoms with Crippen molar-refractivity contribution >= 4 is 35.3 Å². The molecule has 33 heavy (non-hydrogen) atoms. The van der Waals surface area contributed by atoms with E-state index in [-0.39, 0.29) is 35.0 Å². The van der Waals surface area contributed by atoms with Crippen molar-refractivity contribution in [3.63, 3.8) is 0 Å². The van der Waals surface area contributed by atoms with E-state index in [9.17, 15) is 18.0 Å². The highest BCUT2D eigenvalue weighted by Gasteiger charge is 2.38. The third kappa shape index (κ3) is 6.90. The Morgan fingerprint density at radius 3 is 2.70 bits per heavy atom. The van der Waals surface area contributed by atoms with Crippen molar-refractivity contribution < 1.29 is 22.7 Å². The molecule has 2 aromatic rings. The normalized spacial score (nSPS) is 13.6. The third-order valence-electron chi connectivity index (χ3n) is 4.39. The van der Waals surface area contributed by atoms with Crippen LogP contribution in [0.1, 0.15) is 38.1 Å². The van der Waals surface area contributed by atoms with E-state index >= 15 is 0 Å². The van der Waals surface area contributed by atoms with E-state index in [1.54, 1.807) is 31.2 Å². The average Bonchev–Trinajstić information content (AvgIpc) is 3.13. The van der Waals surface area contributed by atoms with Gasteiger partial charge in [0.05, 0.1) is 24.3 Å². The molecule has 0 fully saturated rings. The molecule has 1 heterocycles. The van der Waals surface area contributed by atoms with E-state index in [0.29, 0.717) is 5.76 Å². The van der Waals surface area contributed by atoms with Gasteiger partial charge in [-0.2, -0.15) is 13.2 Å². The first kappa shape index (κ1) is 25.6. The van der Waals surface area contributed by atoms with E-state index in [1.165, 1.54) is 20.1 Å². The van der Waals surface area contributed by atoms with Gasteiger partial charge in [-0.05, 0) is 56.8 Å². The summed E-state index contributed by atoms with van der Waals surface area (Å²) in [6.07, 6.45) is 2.49. The van der Waals surface area contributed by atoms with Crippen LogP contribution in [0.4, 0.5) is 13.2 Å². The van der Waals surface area contributed by atoms with Crippen LogP contribution >= 0.6 is 0 Å². The number of rotatable bonds is 8. The second-order valence-electron chi connectivity index (χ2n) is 6.99. The number of aryl methyl sites for hydroxylation is 1. The first-order valence-electron chi connectivity index (χ1n) is 10.1. The molecule has 1 aromatic carbocycles. The summed E-state index contributed by atoms with van der Waals surface area (Å²) in [5, 5.41) is 2.56. The molecule has 0 aliphatic rings. The molecule has 176 valence electrons. The summed E-state index contributed by atoms with van der Waals surface area (Å²) < 4.78 is 46.9. The molecule has 1 N–H and O–H groups in total. The molecule has 0 aliphatic carbocycles. The van der Waals surface area contributed by atoms with Crippen molar-refractivity contribution in [2.75, 3.05) is 7.11 Å². The van der Waals surface area contributed by atoms with E-state index in [1.807, 2.05) is 13.0 Å². The minimum Gasteiger partial charge on any atom is -0.497 e. The SMILES string of the molecule is C=N/C(=C\N=C(C)NC(=O)C/C=C(\C=C/CC)OC)n1c(C(F)(F)F)nc2cc(C)ccc21. The Labute approximate surface area is 190 Å². The summed E-state index contributed by atoms with van der Waals surface area (Å²) in [5.74, 6) is -0.978. The van der Waals surface area contributed by atoms with Crippen LogP contribution in [0, 0.1) is 6.92 Å². The highest BCUT2D eigenvalue weighted by atomic mass is 19.4. The molecular weight excluding hydrogens is 435 g/mol. The Morgan fingerprint density at radius 1 is 1.36 bits per heavy atom. The monoisotopic (exact) mass is 461 g/mol. The number of nitrogens with zero attached hydrogens (tertiary/aromatic N) is 4. The summed E-state index contributed by atoms with van der Waals surface area (Å²) in [4.78, 5) is 23.6. The summed E-state index contributed by atoms with van der Waals surface area (Å²) in [7, 11) is 1.50. The highest BCUT2D eigenvalue weighted by molar-refractivity contribution is 5.97. The first-order chi connectivity index (χ1) is 15.6. The second kappa shape index (κ2) is 11.3. The molecule has 0 spiro atoms. The predicted octanol–water partition coefficient (Wildman–Crippen LogP) is 5.24. The lowest BCUT2D eigenvalue weighted by Gasteiger charge is -2.11. The van der Waals surface area contributed by atoms with Crippen molar-refractivity contribution in [1.82, 2.24) is 14.9 Å². The molecule has 0 unspecified atom stereocenters. The quantitative estimate of drug-likeness (QED) is 0.253. The topological polar surface area (TPSA) is 80.9 Å². The number of ether oxygens (including phenoxy) is 1. The van der Waals surface area contributed by atoms with Crippen LogP contribution in [0.2, 0.25) is 0 Å². The molecule has 0 saturated heterocycles. The van der Waals surface area contributed by atoms with Gasteiger partial charge in [0.25, 0.3) is 0 Å². The number of fused-ring (bicyclic) bond motifs is 1. The lowest BCUT2D eigenvalue weighted by atomic mass is 10.2. The summed E-state index contributed by atoms with van der Waals surface area (Å²) in [6.45, 7) is 8.61. The molecule has 7 nitrogen and oxygen atoms in total. The molecule has 1 amide bonds. The number of halogens is 3. The van der Waals surface area contributed by atoms with Gasteiger partial charge < -0.3 is 10.1 Å². The van der Waals surface area contributed by atoms with Crippen molar-refractivity contribution in [2.24, 2.45) is 9.98 Å². The first-order valence-corrected chi connectivity index (χ1v) is 10.1. The van der Waals surface area contributed by atoms with Crippen molar-refractivity contribution in [2.45, 2.75) is 39.8 Å². The number of imidazole rings is 1. The second-order valence-corrected chi connectivity index (χ2v) is 6.99. The Balaban J connectivity index is 2.31. The summed E-state index contributed by atoms with van der Waals surface area (Å²) >= 11 is 0. The number of carbonyl (C=O) groups excluding carboxylic acids is 1. The highest BCUT2D eigenvalue weighted by Crippen LogP contribution is 2.34. The zero-order valence-corrected chi connectivity index (χ0v) is 18.9. The van der Waals surface area contributed by atoms with Gasteiger partial charge in [-0.15, -0.1) is 0 Å². The smallest absolute Gasteiger partial charge is 0.450 e. The molecule has 0 radical (unpaired) electrons. The molecule has 2 rings (SSSR count). The number of alkyl halides is 3. The van der Waals surface area contributed by atoms with Crippen LogP contribution < -0.4 is 5.32 Å². The number of aromatic nitrogens is 2. The molecule has 10 heteroatoms. The fourth-order valence-electron chi connectivity index (χ4n) is 2.87. The van der Waals surface area contributed by atoms with Gasteiger partial charge in [-0.3, -0.25) is 9.36 Å². The van der Waals surface area contributed by atoms with E-state index in [2.05, 4.69) is 27.0 Å². The van der Waals surface area contributed by atoms with Crippen LogP contribution in [0.25, 0.3) is 16.9 Å². The van der Waals surface area contributed by atoms with E-state index in [0.717, 1.165) is 22.8 Å². The molecule has 0 aliphatic heterocycles. The minimum atomic E-state index is -4.72. The number of carbonyl (C=O) groups is 1.